The number of rotatable bonds is 5. The van der Waals surface area contributed by atoms with Crippen molar-refractivity contribution in [3.8, 4) is 0 Å². The van der Waals surface area contributed by atoms with Gasteiger partial charge >= 0.3 is 6.03 Å². The molecule has 21 heavy (non-hydrogen) atoms. The van der Waals surface area contributed by atoms with Crippen LogP contribution in [-0.4, -0.2) is 33.9 Å². The number of urea groups is 1. The molecule has 2 atom stereocenters. The van der Waals surface area contributed by atoms with Crippen molar-refractivity contribution in [2.75, 3.05) is 5.75 Å². The Kier molecular flexibility index (Phi) is 4.79. The van der Waals surface area contributed by atoms with Gasteiger partial charge in [0.25, 0.3) is 5.69 Å². The first kappa shape index (κ1) is 15.3. The van der Waals surface area contributed by atoms with Crippen LogP contribution in [0.2, 0.25) is 0 Å². The molecule has 0 aliphatic carbocycles. The van der Waals surface area contributed by atoms with E-state index in [1.807, 2.05) is 6.92 Å². The van der Waals surface area contributed by atoms with Gasteiger partial charge in [-0.2, -0.15) is 0 Å². The number of hydrogen-bond acceptors (Lipinski definition) is 5. The minimum absolute atomic E-state index is 0.0429. The van der Waals surface area contributed by atoms with Gasteiger partial charge in [-0.1, -0.05) is 0 Å². The number of non-ortho nitro benzene ring substituents is 1. The zero-order chi connectivity index (χ0) is 15.4. The molecule has 1 saturated heterocycles. The van der Waals surface area contributed by atoms with Crippen LogP contribution in [0.3, 0.4) is 0 Å². The predicted molar refractivity (Wildman–Crippen MR) is 79.4 cm³/mol. The Labute approximate surface area is 125 Å². The van der Waals surface area contributed by atoms with E-state index in [4.69, 9.17) is 0 Å². The maximum Gasteiger partial charge on any atom is 0.315 e. The van der Waals surface area contributed by atoms with E-state index in [-0.39, 0.29) is 34.7 Å². The first-order valence-corrected chi connectivity index (χ1v) is 7.47. The minimum atomic E-state index is -0.505. The summed E-state index contributed by atoms with van der Waals surface area (Å²) in [6, 6.07) is 5.37. The molecule has 1 aliphatic heterocycles. The van der Waals surface area contributed by atoms with E-state index in [0.717, 1.165) is 6.42 Å². The second kappa shape index (κ2) is 6.57. The molecule has 2 N–H and O–H groups in total. The van der Waals surface area contributed by atoms with Gasteiger partial charge in [0.15, 0.2) is 5.78 Å². The van der Waals surface area contributed by atoms with Crippen molar-refractivity contribution in [3.05, 3.63) is 39.9 Å². The van der Waals surface area contributed by atoms with Crippen LogP contribution < -0.4 is 10.6 Å². The van der Waals surface area contributed by atoms with Crippen molar-refractivity contribution in [2.24, 2.45) is 0 Å². The van der Waals surface area contributed by atoms with E-state index in [0.29, 0.717) is 5.56 Å². The molecule has 0 aromatic heterocycles. The highest BCUT2D eigenvalue weighted by Crippen LogP contribution is 2.19. The van der Waals surface area contributed by atoms with E-state index in [2.05, 4.69) is 10.6 Å². The van der Waals surface area contributed by atoms with Crippen LogP contribution in [0, 0.1) is 10.1 Å². The van der Waals surface area contributed by atoms with Gasteiger partial charge in [0.1, 0.15) is 0 Å². The normalized spacial score (nSPS) is 21.3. The fourth-order valence-corrected chi connectivity index (χ4v) is 3.12. The van der Waals surface area contributed by atoms with Crippen LogP contribution >= 0.6 is 11.8 Å². The molecule has 2 rings (SSSR count). The highest BCUT2D eigenvalue weighted by Gasteiger charge is 2.23. The number of nitrogens with zero attached hydrogens (tertiary/aromatic N) is 1. The summed E-state index contributed by atoms with van der Waals surface area (Å²) >= 11 is 1.36. The molecule has 0 spiro atoms. The molecular weight excluding hydrogens is 294 g/mol. The van der Waals surface area contributed by atoms with Gasteiger partial charge in [0.2, 0.25) is 0 Å². The monoisotopic (exact) mass is 309 g/mol. The van der Waals surface area contributed by atoms with Crippen LogP contribution in [0.1, 0.15) is 23.7 Å². The number of carbonyl (C=O) groups is 2. The summed E-state index contributed by atoms with van der Waals surface area (Å²) in [6.45, 7) is 1.91. The van der Waals surface area contributed by atoms with Crippen LogP contribution in [-0.2, 0) is 0 Å². The summed E-state index contributed by atoms with van der Waals surface area (Å²) in [7, 11) is 0. The van der Waals surface area contributed by atoms with Crippen LogP contribution in [0.15, 0.2) is 24.3 Å². The molecule has 2 amide bonds. The second-order valence-corrected chi connectivity index (χ2v) is 5.97. The fourth-order valence-electron chi connectivity index (χ4n) is 1.99. The Morgan fingerprint density at radius 1 is 1.38 bits per heavy atom. The summed E-state index contributed by atoms with van der Waals surface area (Å²) in [4.78, 5) is 33.4. The quantitative estimate of drug-likeness (QED) is 0.491. The van der Waals surface area contributed by atoms with Crippen molar-refractivity contribution in [2.45, 2.75) is 24.8 Å². The fraction of sp³-hybridized carbons (Fsp3) is 0.385. The zero-order valence-corrected chi connectivity index (χ0v) is 12.2. The highest BCUT2D eigenvalue weighted by molar-refractivity contribution is 8.00. The number of amides is 2. The zero-order valence-electron chi connectivity index (χ0n) is 11.4. The number of hydrogen-bond donors (Lipinski definition) is 2. The largest absolute Gasteiger partial charge is 0.336 e. The molecule has 1 aromatic carbocycles. The van der Waals surface area contributed by atoms with E-state index >= 15 is 0 Å². The summed E-state index contributed by atoms with van der Waals surface area (Å²) in [5.74, 6) is 0.102. The number of benzene rings is 1. The molecule has 1 aromatic rings. The molecule has 8 heteroatoms. The smallest absolute Gasteiger partial charge is 0.315 e. The summed E-state index contributed by atoms with van der Waals surface area (Å²) in [6.07, 6.45) is 0.740. The molecule has 1 fully saturated rings. The average molecular weight is 309 g/mol. The molecule has 0 saturated carbocycles. The number of ketones is 1. The van der Waals surface area contributed by atoms with Crippen LogP contribution in [0.5, 0.6) is 0 Å². The highest BCUT2D eigenvalue weighted by atomic mass is 32.2. The third-order valence-electron chi connectivity index (χ3n) is 3.05. The lowest BCUT2D eigenvalue weighted by Crippen LogP contribution is -2.52. The summed E-state index contributed by atoms with van der Waals surface area (Å²) in [5.41, 5.74) is 0.389. The van der Waals surface area contributed by atoms with Gasteiger partial charge in [-0.05, 0) is 25.5 Å². The van der Waals surface area contributed by atoms with E-state index in [9.17, 15) is 19.7 Å². The molecule has 1 heterocycles. The van der Waals surface area contributed by atoms with E-state index in [1.165, 1.54) is 36.0 Å². The number of thioether (sulfide) groups is 1. The van der Waals surface area contributed by atoms with E-state index < -0.39 is 4.92 Å². The Hall–Kier alpha value is -2.09. The Morgan fingerprint density at radius 2 is 2.05 bits per heavy atom. The standard InChI is InChI=1S/C13H15N3O4S/c1-8-6-12(15-13(18)14-8)21-7-11(17)9-2-4-10(5-3-9)16(19)20/h2-5,8,12H,6-7H2,1H3,(H2,14,15,18). The van der Waals surface area contributed by atoms with Crippen molar-refractivity contribution in [1.29, 1.82) is 0 Å². The maximum atomic E-state index is 12.0. The summed E-state index contributed by atoms with van der Waals surface area (Å²) in [5, 5.41) is 15.9. The summed E-state index contributed by atoms with van der Waals surface area (Å²) < 4.78 is 0. The van der Waals surface area contributed by atoms with Crippen LogP contribution in [0.25, 0.3) is 0 Å². The number of carbonyl (C=O) groups excluding carboxylic acids is 2. The van der Waals surface area contributed by atoms with E-state index in [1.54, 1.807) is 0 Å². The lowest BCUT2D eigenvalue weighted by Gasteiger charge is -2.28. The van der Waals surface area contributed by atoms with Crippen molar-refractivity contribution < 1.29 is 14.5 Å². The van der Waals surface area contributed by atoms with Crippen LogP contribution in [0.4, 0.5) is 10.5 Å². The molecule has 0 bridgehead atoms. The molecule has 112 valence electrons. The molecule has 2 unspecified atom stereocenters. The van der Waals surface area contributed by atoms with Gasteiger partial charge in [0.05, 0.1) is 16.1 Å². The lowest BCUT2D eigenvalue weighted by molar-refractivity contribution is -0.384. The molecular formula is C13H15N3O4S. The molecule has 1 aliphatic rings. The topological polar surface area (TPSA) is 101 Å². The first-order valence-electron chi connectivity index (χ1n) is 6.42. The molecule has 7 nitrogen and oxygen atoms in total. The Morgan fingerprint density at radius 3 is 2.62 bits per heavy atom. The van der Waals surface area contributed by atoms with Gasteiger partial charge in [-0.3, -0.25) is 14.9 Å². The van der Waals surface area contributed by atoms with Gasteiger partial charge in [0, 0.05) is 23.7 Å². The molecule has 0 radical (unpaired) electrons. The number of Topliss-reactive ketones (excluding diaryl/α,β-unsaturated/α-hetero) is 1. The Balaban J connectivity index is 1.89. The minimum Gasteiger partial charge on any atom is -0.336 e. The Bertz CT molecular complexity index is 561. The number of nitro groups is 1. The van der Waals surface area contributed by atoms with Gasteiger partial charge in [-0.25, -0.2) is 4.79 Å². The predicted octanol–water partition coefficient (Wildman–Crippen LogP) is 1.93. The van der Waals surface area contributed by atoms with Crippen molar-refractivity contribution >= 4 is 29.3 Å². The maximum absolute atomic E-state index is 12.0. The number of nitrogens with one attached hydrogen (secondary N) is 2. The third kappa shape index (κ3) is 4.19. The van der Waals surface area contributed by atoms with Gasteiger partial charge in [-0.15, -0.1) is 11.8 Å². The second-order valence-electron chi connectivity index (χ2n) is 4.78. The average Bonchev–Trinajstić information content (AvgIpc) is 2.44. The first-order chi connectivity index (χ1) is 9.95. The SMILES string of the molecule is CC1CC(SCC(=O)c2ccc([N+](=O)[O-])cc2)NC(=O)N1. The lowest BCUT2D eigenvalue weighted by atomic mass is 10.1. The third-order valence-corrected chi connectivity index (χ3v) is 4.19. The van der Waals surface area contributed by atoms with Crippen molar-refractivity contribution in [3.63, 3.8) is 0 Å². The van der Waals surface area contributed by atoms with Crippen molar-refractivity contribution in [1.82, 2.24) is 10.6 Å². The number of nitro benzene ring substituents is 1. The van der Waals surface area contributed by atoms with Gasteiger partial charge < -0.3 is 10.6 Å².